The molecule has 0 saturated carbocycles. The van der Waals surface area contributed by atoms with Gasteiger partial charge in [0.05, 0.1) is 0 Å². The van der Waals surface area contributed by atoms with Crippen LogP contribution < -0.4 is 0 Å². The van der Waals surface area contributed by atoms with Gasteiger partial charge in [0.1, 0.15) is 0 Å². The topological polar surface area (TPSA) is 74.6 Å². The van der Waals surface area contributed by atoms with E-state index in [-0.39, 0.29) is 57.8 Å². The van der Waals surface area contributed by atoms with Crippen LogP contribution in [0.2, 0.25) is 0 Å². The SMILES string of the molecule is CCCCCCCCCCCCCCC(C(=O)O)C(=O)O.[KH]. The van der Waals surface area contributed by atoms with Crippen molar-refractivity contribution in [2.45, 2.75) is 90.4 Å². The van der Waals surface area contributed by atoms with Gasteiger partial charge in [-0.25, -0.2) is 0 Å². The van der Waals surface area contributed by atoms with Crippen LogP contribution in [0.3, 0.4) is 0 Å². The van der Waals surface area contributed by atoms with Gasteiger partial charge in [0.15, 0.2) is 5.92 Å². The first kappa shape index (κ1) is 24.8. The van der Waals surface area contributed by atoms with Gasteiger partial charge in [-0.2, -0.15) is 0 Å². The van der Waals surface area contributed by atoms with Gasteiger partial charge in [-0.1, -0.05) is 84.0 Å². The third-order valence-corrected chi connectivity index (χ3v) is 3.94. The Bertz CT molecular complexity index is 268. The molecular weight excluding hydrogens is 307 g/mol. The summed E-state index contributed by atoms with van der Waals surface area (Å²) >= 11 is 0. The molecule has 0 unspecified atom stereocenters. The normalized spacial score (nSPS) is 10.5. The van der Waals surface area contributed by atoms with Crippen LogP contribution in [-0.2, 0) is 9.59 Å². The third kappa shape index (κ3) is 15.5. The summed E-state index contributed by atoms with van der Waals surface area (Å²) in [6, 6.07) is 0. The molecule has 0 amide bonds. The molecular formula is C17H33KO4. The summed E-state index contributed by atoms with van der Waals surface area (Å²) < 4.78 is 0. The zero-order valence-electron chi connectivity index (χ0n) is 13.5. The van der Waals surface area contributed by atoms with Crippen LogP contribution >= 0.6 is 0 Å². The summed E-state index contributed by atoms with van der Waals surface area (Å²) in [5.74, 6) is -3.66. The molecule has 5 heteroatoms. The average Bonchev–Trinajstić information content (AvgIpc) is 2.43. The molecule has 4 nitrogen and oxygen atoms in total. The Morgan fingerprint density at radius 3 is 1.32 bits per heavy atom. The van der Waals surface area contributed by atoms with Gasteiger partial charge in [0.2, 0.25) is 0 Å². The van der Waals surface area contributed by atoms with Gasteiger partial charge in [0, 0.05) is 0 Å². The first-order valence-electron chi connectivity index (χ1n) is 8.55. The average molecular weight is 341 g/mol. The molecule has 0 atom stereocenters. The van der Waals surface area contributed by atoms with Crippen LogP contribution in [0, 0.1) is 5.92 Å². The van der Waals surface area contributed by atoms with E-state index in [9.17, 15) is 9.59 Å². The summed E-state index contributed by atoms with van der Waals surface area (Å²) in [7, 11) is 0. The van der Waals surface area contributed by atoms with Crippen molar-refractivity contribution in [3.8, 4) is 0 Å². The molecule has 0 aromatic carbocycles. The monoisotopic (exact) mass is 340 g/mol. The van der Waals surface area contributed by atoms with E-state index < -0.39 is 17.9 Å². The minimum atomic E-state index is -1.23. The summed E-state index contributed by atoms with van der Waals surface area (Å²) in [6.07, 6.45) is 14.7. The molecule has 0 radical (unpaired) electrons. The number of hydrogen-bond donors (Lipinski definition) is 2. The van der Waals surface area contributed by atoms with E-state index in [2.05, 4.69) is 6.92 Å². The van der Waals surface area contributed by atoms with Crippen molar-refractivity contribution in [2.75, 3.05) is 0 Å². The molecule has 22 heavy (non-hydrogen) atoms. The van der Waals surface area contributed by atoms with Crippen molar-refractivity contribution in [2.24, 2.45) is 5.92 Å². The molecule has 0 fully saturated rings. The van der Waals surface area contributed by atoms with E-state index >= 15 is 0 Å². The molecule has 0 heterocycles. The Morgan fingerprint density at radius 2 is 1.00 bits per heavy atom. The van der Waals surface area contributed by atoms with Gasteiger partial charge in [-0.15, -0.1) is 0 Å². The molecule has 0 aromatic rings. The van der Waals surface area contributed by atoms with Crippen molar-refractivity contribution >= 4 is 63.3 Å². The van der Waals surface area contributed by atoms with Crippen molar-refractivity contribution in [3.63, 3.8) is 0 Å². The first-order valence-corrected chi connectivity index (χ1v) is 8.55. The Morgan fingerprint density at radius 1 is 0.682 bits per heavy atom. The van der Waals surface area contributed by atoms with Crippen LogP contribution in [0.25, 0.3) is 0 Å². The fraction of sp³-hybridized carbons (Fsp3) is 0.882. The molecule has 2 N–H and O–H groups in total. The van der Waals surface area contributed by atoms with Crippen molar-refractivity contribution < 1.29 is 19.8 Å². The van der Waals surface area contributed by atoms with Crippen LogP contribution in [0.5, 0.6) is 0 Å². The Hall–Kier alpha value is 0.576. The molecule has 0 bridgehead atoms. The molecule has 0 aliphatic rings. The Labute approximate surface area is 177 Å². The molecule has 0 aromatic heterocycles. The summed E-state index contributed by atoms with van der Waals surface area (Å²) in [5, 5.41) is 17.5. The number of carbonyl (C=O) groups is 2. The van der Waals surface area contributed by atoms with E-state index in [0.29, 0.717) is 6.42 Å². The molecule has 0 rings (SSSR count). The van der Waals surface area contributed by atoms with Crippen LogP contribution in [-0.4, -0.2) is 73.5 Å². The number of aliphatic carboxylic acids is 2. The van der Waals surface area contributed by atoms with E-state index in [1.54, 1.807) is 0 Å². The predicted octanol–water partition coefficient (Wildman–Crippen LogP) is 4.21. The first-order chi connectivity index (χ1) is 10.1. The van der Waals surface area contributed by atoms with Gasteiger partial charge in [-0.3, -0.25) is 9.59 Å². The van der Waals surface area contributed by atoms with Crippen LogP contribution in [0.4, 0.5) is 0 Å². The molecule has 0 saturated heterocycles. The molecule has 126 valence electrons. The third-order valence-electron chi connectivity index (χ3n) is 3.94. The van der Waals surface area contributed by atoms with Crippen molar-refractivity contribution in [1.29, 1.82) is 0 Å². The summed E-state index contributed by atoms with van der Waals surface area (Å²) in [6.45, 7) is 2.23. The Balaban J connectivity index is 0. The second kappa shape index (κ2) is 17.9. The summed E-state index contributed by atoms with van der Waals surface area (Å²) in [4.78, 5) is 21.4. The molecule has 0 aliphatic heterocycles. The standard InChI is InChI=1S/C17H32O4.K.H/c1-2-3-4-5-6-7-8-9-10-11-12-13-14-15(16(18)19)17(20)21;;/h15H,2-14H2,1H3,(H,18,19)(H,20,21);;. The number of carboxylic acids is 2. The minimum absolute atomic E-state index is 0. The molecule has 0 spiro atoms. The second-order valence-corrected chi connectivity index (χ2v) is 5.91. The van der Waals surface area contributed by atoms with Gasteiger partial charge in [-0.05, 0) is 6.42 Å². The number of carboxylic acid groups (broad SMARTS) is 2. The quantitative estimate of drug-likeness (QED) is 0.266. The second-order valence-electron chi connectivity index (χ2n) is 5.91. The fourth-order valence-electron chi connectivity index (χ4n) is 2.54. The van der Waals surface area contributed by atoms with Gasteiger partial charge < -0.3 is 10.2 Å². The maximum absolute atomic E-state index is 10.7. The van der Waals surface area contributed by atoms with E-state index in [1.165, 1.54) is 57.8 Å². The number of rotatable bonds is 15. The number of hydrogen-bond acceptors (Lipinski definition) is 2. The van der Waals surface area contributed by atoms with Crippen LogP contribution in [0.1, 0.15) is 90.4 Å². The maximum atomic E-state index is 10.7. The summed E-state index contributed by atoms with van der Waals surface area (Å²) in [5.41, 5.74) is 0. The van der Waals surface area contributed by atoms with Gasteiger partial charge >= 0.3 is 63.3 Å². The van der Waals surface area contributed by atoms with E-state index in [1.807, 2.05) is 0 Å². The zero-order chi connectivity index (χ0) is 15.9. The number of unbranched alkanes of at least 4 members (excludes halogenated alkanes) is 11. The zero-order valence-corrected chi connectivity index (χ0v) is 13.5. The Kier molecular flexibility index (Phi) is 20.2. The molecule has 0 aliphatic carbocycles. The van der Waals surface area contributed by atoms with Crippen molar-refractivity contribution in [3.05, 3.63) is 0 Å². The van der Waals surface area contributed by atoms with Gasteiger partial charge in [0.25, 0.3) is 0 Å². The fourth-order valence-corrected chi connectivity index (χ4v) is 2.54. The predicted molar refractivity (Wildman–Crippen MR) is 91.6 cm³/mol. The van der Waals surface area contributed by atoms with Crippen molar-refractivity contribution in [1.82, 2.24) is 0 Å². The van der Waals surface area contributed by atoms with E-state index in [0.717, 1.165) is 12.8 Å². The van der Waals surface area contributed by atoms with Crippen LogP contribution in [0.15, 0.2) is 0 Å². The van der Waals surface area contributed by atoms with E-state index in [4.69, 9.17) is 10.2 Å².